The van der Waals surface area contributed by atoms with Gasteiger partial charge in [0.05, 0.1) is 5.92 Å². The molecule has 4 nitrogen and oxygen atoms in total. The smallest absolute Gasteiger partial charge is 0.326 e. The van der Waals surface area contributed by atoms with Crippen molar-refractivity contribution in [2.75, 3.05) is 0 Å². The number of cyclic esters (lactones) is 2. The predicted molar refractivity (Wildman–Crippen MR) is 96.5 cm³/mol. The lowest BCUT2D eigenvalue weighted by Crippen LogP contribution is -2.46. The van der Waals surface area contributed by atoms with E-state index in [0.717, 1.165) is 16.7 Å². The van der Waals surface area contributed by atoms with Gasteiger partial charge in [0.1, 0.15) is 11.2 Å². The van der Waals surface area contributed by atoms with Crippen molar-refractivity contribution in [3.05, 3.63) is 90.0 Å². The van der Waals surface area contributed by atoms with E-state index in [9.17, 15) is 14.7 Å². The van der Waals surface area contributed by atoms with Crippen LogP contribution in [0.2, 0.25) is 0 Å². The maximum atomic E-state index is 13.1. The number of phenolic OH excluding ortho intramolecular Hbond substituents is 1. The van der Waals surface area contributed by atoms with Crippen molar-refractivity contribution < 1.29 is 19.4 Å². The summed E-state index contributed by atoms with van der Waals surface area (Å²) in [6, 6.07) is 16.0. The van der Waals surface area contributed by atoms with Gasteiger partial charge in [0.25, 0.3) is 0 Å². The molecule has 0 unspecified atom stereocenters. The normalized spacial score (nSPS) is 27.5. The number of carbonyl (C=O) groups excluding carboxylic acids is 2. The van der Waals surface area contributed by atoms with Crippen molar-refractivity contribution >= 4 is 11.9 Å². The van der Waals surface area contributed by atoms with Crippen LogP contribution in [-0.2, 0) is 19.7 Å². The van der Waals surface area contributed by atoms with E-state index in [4.69, 9.17) is 4.74 Å². The summed E-state index contributed by atoms with van der Waals surface area (Å²) in [6.07, 6.45) is 4.11. The molecule has 0 radical (unpaired) electrons. The van der Waals surface area contributed by atoms with Crippen molar-refractivity contribution in [3.63, 3.8) is 0 Å². The zero-order valence-electron chi connectivity index (χ0n) is 14.1. The molecule has 4 rings (SSSR count). The van der Waals surface area contributed by atoms with Gasteiger partial charge < -0.3 is 9.84 Å². The minimum Gasteiger partial charge on any atom is -0.508 e. The number of phenols is 1. The Labute approximate surface area is 151 Å². The lowest BCUT2D eigenvalue weighted by molar-refractivity contribution is -0.154. The van der Waals surface area contributed by atoms with Crippen LogP contribution in [0.15, 0.2) is 78.9 Å². The molecule has 1 N–H and O–H groups in total. The fraction of sp³-hybridized carbons (Fsp3) is 0.182. The number of esters is 2. The summed E-state index contributed by atoms with van der Waals surface area (Å²) in [7, 11) is 0. The summed E-state index contributed by atoms with van der Waals surface area (Å²) in [6.45, 7) is 3.91. The average molecular weight is 346 g/mol. The van der Waals surface area contributed by atoms with Crippen molar-refractivity contribution in [1.82, 2.24) is 0 Å². The van der Waals surface area contributed by atoms with E-state index < -0.39 is 29.2 Å². The topological polar surface area (TPSA) is 63.6 Å². The van der Waals surface area contributed by atoms with Gasteiger partial charge in [0.2, 0.25) is 0 Å². The highest BCUT2D eigenvalue weighted by atomic mass is 16.6. The monoisotopic (exact) mass is 346 g/mol. The largest absolute Gasteiger partial charge is 0.508 e. The number of allylic oxidation sites excluding steroid dienone is 3. The van der Waals surface area contributed by atoms with E-state index in [1.807, 2.05) is 36.4 Å². The summed E-state index contributed by atoms with van der Waals surface area (Å²) in [5.41, 5.74) is 1.33. The van der Waals surface area contributed by atoms with E-state index in [1.165, 1.54) is 0 Å². The van der Waals surface area contributed by atoms with Gasteiger partial charge in [-0.1, -0.05) is 61.2 Å². The Bertz CT molecular complexity index is 911. The van der Waals surface area contributed by atoms with Crippen LogP contribution in [0.3, 0.4) is 0 Å². The van der Waals surface area contributed by atoms with Crippen LogP contribution in [0.4, 0.5) is 0 Å². The number of benzene rings is 2. The zero-order chi connectivity index (χ0) is 18.3. The molecule has 1 fully saturated rings. The number of hydrogen-bond donors (Lipinski definition) is 1. The standard InChI is InChI=1S/C22H18O4/c1-2-14-10-13-18-20(24)26-21(25)22(18,16-6-4-3-5-7-16)19(14)15-8-11-17(23)12-9-15/h2-12,18-19,23H,1,13H2/t18-,19+,22+/m0/s1. The van der Waals surface area contributed by atoms with Crippen LogP contribution >= 0.6 is 0 Å². The number of rotatable bonds is 3. The van der Waals surface area contributed by atoms with Gasteiger partial charge in [-0.05, 0) is 35.3 Å². The molecular formula is C22H18O4. The summed E-state index contributed by atoms with van der Waals surface area (Å²) >= 11 is 0. The molecule has 1 aliphatic heterocycles. The first-order chi connectivity index (χ1) is 12.6. The Kier molecular flexibility index (Phi) is 3.76. The van der Waals surface area contributed by atoms with Gasteiger partial charge >= 0.3 is 11.9 Å². The highest BCUT2D eigenvalue weighted by molar-refractivity contribution is 6.04. The molecule has 2 aromatic carbocycles. The SMILES string of the molecule is C=CC1=CC[C@H]2C(=O)OC(=O)[C@@]2(c2ccccc2)[C@H]1c1ccc(O)cc1. The third kappa shape index (κ3) is 2.15. The predicted octanol–water partition coefficient (Wildman–Crippen LogP) is 3.63. The van der Waals surface area contributed by atoms with Gasteiger partial charge in [-0.3, -0.25) is 9.59 Å². The molecule has 1 aliphatic carbocycles. The summed E-state index contributed by atoms with van der Waals surface area (Å²) in [5, 5.41) is 9.66. The summed E-state index contributed by atoms with van der Waals surface area (Å²) in [5.74, 6) is -1.86. The second kappa shape index (κ2) is 5.99. The first-order valence-electron chi connectivity index (χ1n) is 8.52. The number of hydrogen-bond acceptors (Lipinski definition) is 4. The number of ether oxygens (including phenoxy) is 1. The molecule has 26 heavy (non-hydrogen) atoms. The minimum atomic E-state index is -1.13. The van der Waals surface area contributed by atoms with Crippen LogP contribution in [-0.4, -0.2) is 17.0 Å². The molecule has 2 aliphatic rings. The molecule has 130 valence electrons. The molecule has 0 saturated carbocycles. The highest BCUT2D eigenvalue weighted by Gasteiger charge is 2.64. The van der Waals surface area contributed by atoms with Crippen LogP contribution in [0.5, 0.6) is 5.75 Å². The zero-order valence-corrected chi connectivity index (χ0v) is 14.1. The van der Waals surface area contributed by atoms with Gasteiger partial charge in [0, 0.05) is 5.92 Å². The molecule has 0 bridgehead atoms. The molecular weight excluding hydrogens is 328 g/mol. The second-order valence-corrected chi connectivity index (χ2v) is 6.66. The third-order valence-electron chi connectivity index (χ3n) is 5.46. The van der Waals surface area contributed by atoms with Crippen LogP contribution in [0.25, 0.3) is 0 Å². The van der Waals surface area contributed by atoms with Crippen molar-refractivity contribution in [1.29, 1.82) is 0 Å². The van der Waals surface area contributed by atoms with Crippen molar-refractivity contribution in [2.45, 2.75) is 17.8 Å². The van der Waals surface area contributed by atoms with E-state index in [0.29, 0.717) is 6.42 Å². The van der Waals surface area contributed by atoms with Gasteiger partial charge in [-0.25, -0.2) is 0 Å². The van der Waals surface area contributed by atoms with Gasteiger partial charge in [-0.2, -0.15) is 0 Å². The quantitative estimate of drug-likeness (QED) is 0.681. The average Bonchev–Trinajstić information content (AvgIpc) is 2.93. The van der Waals surface area contributed by atoms with Crippen LogP contribution in [0, 0.1) is 5.92 Å². The lowest BCUT2D eigenvalue weighted by atomic mass is 9.56. The number of fused-ring (bicyclic) bond motifs is 1. The Morgan fingerprint density at radius 3 is 2.42 bits per heavy atom. The first-order valence-corrected chi connectivity index (χ1v) is 8.52. The van der Waals surface area contributed by atoms with Gasteiger partial charge in [-0.15, -0.1) is 0 Å². The Hall–Kier alpha value is -3.14. The maximum Gasteiger partial charge on any atom is 0.326 e. The second-order valence-electron chi connectivity index (χ2n) is 6.66. The maximum absolute atomic E-state index is 13.1. The number of aromatic hydroxyl groups is 1. The van der Waals surface area contributed by atoms with Gasteiger partial charge in [0.15, 0.2) is 0 Å². The summed E-state index contributed by atoms with van der Waals surface area (Å²) in [4.78, 5) is 25.6. The fourth-order valence-corrected chi connectivity index (χ4v) is 4.33. The highest BCUT2D eigenvalue weighted by Crippen LogP contribution is 2.56. The summed E-state index contributed by atoms with van der Waals surface area (Å²) < 4.78 is 5.14. The van der Waals surface area contributed by atoms with E-state index in [1.54, 1.807) is 30.3 Å². The lowest BCUT2D eigenvalue weighted by Gasteiger charge is -2.41. The minimum absolute atomic E-state index is 0.143. The Balaban J connectivity index is 2.03. The third-order valence-corrected chi connectivity index (χ3v) is 5.46. The van der Waals surface area contributed by atoms with Crippen LogP contribution < -0.4 is 0 Å². The fourth-order valence-electron chi connectivity index (χ4n) is 4.33. The van der Waals surface area contributed by atoms with E-state index in [-0.39, 0.29) is 5.75 Å². The Morgan fingerprint density at radius 1 is 1.08 bits per heavy atom. The molecule has 1 heterocycles. The molecule has 0 aromatic heterocycles. The van der Waals surface area contributed by atoms with E-state index >= 15 is 0 Å². The molecule has 1 saturated heterocycles. The molecule has 0 spiro atoms. The Morgan fingerprint density at radius 2 is 1.77 bits per heavy atom. The molecule has 2 aromatic rings. The molecule has 0 amide bonds. The molecule has 3 atom stereocenters. The van der Waals surface area contributed by atoms with Crippen molar-refractivity contribution in [3.8, 4) is 5.75 Å². The van der Waals surface area contributed by atoms with Crippen molar-refractivity contribution in [2.24, 2.45) is 5.92 Å². The van der Waals surface area contributed by atoms with E-state index in [2.05, 4.69) is 6.58 Å². The van der Waals surface area contributed by atoms with Crippen LogP contribution in [0.1, 0.15) is 23.5 Å². The molecule has 4 heteroatoms. The first kappa shape index (κ1) is 16.3. The number of carbonyl (C=O) groups is 2.